The van der Waals surface area contributed by atoms with Crippen LogP contribution in [0.2, 0.25) is 0 Å². The van der Waals surface area contributed by atoms with E-state index in [-0.39, 0.29) is 28.3 Å². The Morgan fingerprint density at radius 1 is 0.727 bits per heavy atom. The Labute approximate surface area is 189 Å². The van der Waals surface area contributed by atoms with Crippen LogP contribution in [-0.4, -0.2) is 23.8 Å². The summed E-state index contributed by atoms with van der Waals surface area (Å²) in [5.74, 6) is -2.42. The molecule has 0 saturated carbocycles. The molecule has 1 aliphatic rings. The number of carbonyl (C=O) groups is 4. The zero-order chi connectivity index (χ0) is 23.5. The number of benzene rings is 3. The van der Waals surface area contributed by atoms with Gasteiger partial charge in [-0.3, -0.25) is 9.59 Å². The largest absolute Gasteiger partial charge is 0.423 e. The average Bonchev–Trinajstić information content (AvgIpc) is 3.14. The fourth-order valence-corrected chi connectivity index (χ4v) is 3.46. The minimum atomic E-state index is -0.819. The van der Waals surface area contributed by atoms with Crippen molar-refractivity contribution in [2.75, 3.05) is 4.90 Å². The number of esters is 2. The van der Waals surface area contributed by atoms with E-state index in [1.807, 2.05) is 0 Å². The van der Waals surface area contributed by atoms with Gasteiger partial charge in [0.1, 0.15) is 11.5 Å². The fourth-order valence-electron chi connectivity index (χ4n) is 3.46. The monoisotopic (exact) mass is 441 g/mol. The average molecular weight is 441 g/mol. The number of nitrogens with zero attached hydrogens (tertiary/aromatic N) is 1. The summed E-state index contributed by atoms with van der Waals surface area (Å²) in [5.41, 5.74) is 0.720. The maximum Gasteiger partial charge on any atom is 0.345 e. The van der Waals surface area contributed by atoms with Crippen LogP contribution in [0.5, 0.6) is 11.5 Å². The van der Waals surface area contributed by atoms with Crippen molar-refractivity contribution in [1.29, 1.82) is 0 Å². The minimum absolute atomic E-state index is 0.0655. The van der Waals surface area contributed by atoms with Gasteiger partial charge in [-0.05, 0) is 55.3 Å². The van der Waals surface area contributed by atoms with Crippen LogP contribution in [0.3, 0.4) is 0 Å². The Morgan fingerprint density at radius 2 is 1.21 bits per heavy atom. The summed E-state index contributed by atoms with van der Waals surface area (Å²) < 4.78 is 11.0. The quantitative estimate of drug-likeness (QED) is 0.335. The number of anilines is 1. The summed E-state index contributed by atoms with van der Waals surface area (Å²) in [6.45, 7) is 3.37. The first kappa shape index (κ1) is 21.7. The lowest BCUT2D eigenvalue weighted by atomic mass is 9.95. The summed E-state index contributed by atoms with van der Waals surface area (Å²) in [5, 5.41) is 0. The standard InChI is InChI=1S/C26H19NO6/c1-16-15-20(25(30)32-18-9-5-3-6-10-18)24(27-21(28)13-14-22(27)29)23(17(16)2)26(31)33-19-11-7-4-8-12-19/h3-15H,1-2H3. The van der Waals surface area contributed by atoms with Crippen LogP contribution in [0.25, 0.3) is 0 Å². The first-order chi connectivity index (χ1) is 15.9. The molecule has 3 aromatic carbocycles. The Hall–Kier alpha value is -4.52. The molecule has 0 atom stereocenters. The third kappa shape index (κ3) is 4.29. The molecule has 0 aliphatic carbocycles. The van der Waals surface area contributed by atoms with Crippen LogP contribution in [0, 0.1) is 13.8 Å². The molecule has 0 bridgehead atoms. The van der Waals surface area contributed by atoms with Crippen LogP contribution in [0.1, 0.15) is 31.8 Å². The molecule has 2 amide bonds. The molecule has 0 unspecified atom stereocenters. The molecule has 164 valence electrons. The van der Waals surface area contributed by atoms with Crippen LogP contribution >= 0.6 is 0 Å². The minimum Gasteiger partial charge on any atom is -0.423 e. The third-order valence-corrected chi connectivity index (χ3v) is 5.18. The van der Waals surface area contributed by atoms with Crippen molar-refractivity contribution in [2.24, 2.45) is 0 Å². The van der Waals surface area contributed by atoms with Crippen LogP contribution in [0.15, 0.2) is 78.9 Å². The molecule has 7 heteroatoms. The number of imide groups is 1. The number of hydrogen-bond donors (Lipinski definition) is 0. The van der Waals surface area contributed by atoms with Gasteiger partial charge < -0.3 is 9.47 Å². The molecule has 33 heavy (non-hydrogen) atoms. The van der Waals surface area contributed by atoms with Gasteiger partial charge in [-0.1, -0.05) is 36.4 Å². The highest BCUT2D eigenvalue weighted by Crippen LogP contribution is 2.34. The Morgan fingerprint density at radius 3 is 1.73 bits per heavy atom. The predicted molar refractivity (Wildman–Crippen MR) is 120 cm³/mol. The van der Waals surface area contributed by atoms with Gasteiger partial charge in [0, 0.05) is 12.2 Å². The van der Waals surface area contributed by atoms with Gasteiger partial charge in [0.15, 0.2) is 0 Å². The van der Waals surface area contributed by atoms with E-state index in [2.05, 4.69) is 0 Å². The zero-order valence-corrected chi connectivity index (χ0v) is 17.9. The maximum atomic E-state index is 13.3. The van der Waals surface area contributed by atoms with E-state index in [0.717, 1.165) is 17.1 Å². The molecule has 3 aromatic rings. The number of para-hydroxylation sites is 2. The number of ether oxygens (including phenoxy) is 2. The van der Waals surface area contributed by atoms with Crippen molar-refractivity contribution in [3.8, 4) is 11.5 Å². The van der Waals surface area contributed by atoms with Crippen LogP contribution in [-0.2, 0) is 9.59 Å². The topological polar surface area (TPSA) is 90.0 Å². The van der Waals surface area contributed by atoms with E-state index in [1.54, 1.807) is 74.5 Å². The highest BCUT2D eigenvalue weighted by atomic mass is 16.5. The van der Waals surface area contributed by atoms with E-state index in [1.165, 1.54) is 6.07 Å². The maximum absolute atomic E-state index is 13.3. The third-order valence-electron chi connectivity index (χ3n) is 5.18. The molecular weight excluding hydrogens is 422 g/mol. The van der Waals surface area contributed by atoms with Crippen molar-refractivity contribution in [2.45, 2.75) is 13.8 Å². The van der Waals surface area contributed by atoms with E-state index in [9.17, 15) is 19.2 Å². The van der Waals surface area contributed by atoms with E-state index < -0.39 is 23.8 Å². The van der Waals surface area contributed by atoms with Gasteiger partial charge in [-0.2, -0.15) is 0 Å². The first-order valence-corrected chi connectivity index (χ1v) is 10.1. The Bertz CT molecular complexity index is 1280. The number of amides is 2. The molecule has 1 aliphatic heterocycles. The highest BCUT2D eigenvalue weighted by molar-refractivity contribution is 6.31. The molecule has 0 radical (unpaired) electrons. The molecule has 0 saturated heterocycles. The summed E-state index contributed by atoms with van der Waals surface area (Å²) in [6.07, 6.45) is 2.16. The number of carbonyl (C=O) groups excluding carboxylic acids is 4. The van der Waals surface area contributed by atoms with Crippen molar-refractivity contribution in [3.63, 3.8) is 0 Å². The van der Waals surface area contributed by atoms with Gasteiger partial charge in [0.05, 0.1) is 16.8 Å². The summed E-state index contributed by atoms with van der Waals surface area (Å²) >= 11 is 0. The smallest absolute Gasteiger partial charge is 0.345 e. The van der Waals surface area contributed by atoms with Gasteiger partial charge in [-0.25, -0.2) is 14.5 Å². The molecule has 0 spiro atoms. The lowest BCUT2D eigenvalue weighted by Crippen LogP contribution is -2.34. The van der Waals surface area contributed by atoms with Gasteiger partial charge in [-0.15, -0.1) is 0 Å². The number of rotatable bonds is 5. The van der Waals surface area contributed by atoms with Crippen LogP contribution < -0.4 is 14.4 Å². The second-order valence-corrected chi connectivity index (χ2v) is 7.34. The summed E-state index contributed by atoms with van der Waals surface area (Å²) in [4.78, 5) is 52.3. The second-order valence-electron chi connectivity index (χ2n) is 7.34. The molecule has 0 fully saturated rings. The number of hydrogen-bond acceptors (Lipinski definition) is 6. The molecule has 4 rings (SSSR count). The first-order valence-electron chi connectivity index (χ1n) is 10.1. The molecule has 1 heterocycles. The zero-order valence-electron chi connectivity index (χ0n) is 17.9. The number of aryl methyl sites for hydroxylation is 1. The van der Waals surface area contributed by atoms with Crippen molar-refractivity contribution in [3.05, 3.63) is 101 Å². The fraction of sp³-hybridized carbons (Fsp3) is 0.0769. The van der Waals surface area contributed by atoms with Crippen molar-refractivity contribution in [1.82, 2.24) is 0 Å². The van der Waals surface area contributed by atoms with Gasteiger partial charge >= 0.3 is 11.9 Å². The normalized spacial score (nSPS) is 12.7. The second kappa shape index (κ2) is 8.92. The lowest BCUT2D eigenvalue weighted by molar-refractivity contribution is -0.119. The Balaban J connectivity index is 1.87. The predicted octanol–water partition coefficient (Wildman–Crippen LogP) is 4.17. The summed E-state index contributed by atoms with van der Waals surface area (Å²) in [6, 6.07) is 18.2. The van der Waals surface area contributed by atoms with Crippen LogP contribution in [0.4, 0.5) is 5.69 Å². The van der Waals surface area contributed by atoms with E-state index in [4.69, 9.17) is 9.47 Å². The van der Waals surface area contributed by atoms with Gasteiger partial charge in [0.2, 0.25) is 0 Å². The van der Waals surface area contributed by atoms with Gasteiger partial charge in [0.25, 0.3) is 11.8 Å². The molecular formula is C26H19NO6. The highest BCUT2D eigenvalue weighted by Gasteiger charge is 2.36. The Kier molecular flexibility index (Phi) is 5.87. The molecule has 0 N–H and O–H groups in total. The lowest BCUT2D eigenvalue weighted by Gasteiger charge is -2.23. The summed E-state index contributed by atoms with van der Waals surface area (Å²) in [7, 11) is 0. The van der Waals surface area contributed by atoms with E-state index in [0.29, 0.717) is 11.1 Å². The van der Waals surface area contributed by atoms with Crippen molar-refractivity contribution >= 4 is 29.4 Å². The SMILES string of the molecule is Cc1cc(C(=O)Oc2ccccc2)c(N2C(=O)C=CC2=O)c(C(=O)Oc2ccccc2)c1C. The molecule has 7 nitrogen and oxygen atoms in total. The van der Waals surface area contributed by atoms with Crippen molar-refractivity contribution < 1.29 is 28.7 Å². The van der Waals surface area contributed by atoms with E-state index >= 15 is 0 Å². The molecule has 0 aromatic heterocycles.